The molecule has 0 radical (unpaired) electrons. The van der Waals surface area contributed by atoms with E-state index in [1.807, 2.05) is 6.92 Å². The molecule has 1 atom stereocenters. The van der Waals surface area contributed by atoms with Crippen molar-refractivity contribution in [1.82, 2.24) is 19.4 Å². The van der Waals surface area contributed by atoms with Crippen molar-refractivity contribution in [3.63, 3.8) is 0 Å². The Morgan fingerprint density at radius 3 is 2.83 bits per heavy atom. The quantitative estimate of drug-likeness (QED) is 0.836. The van der Waals surface area contributed by atoms with Gasteiger partial charge in [0, 0.05) is 20.0 Å². The molecule has 1 aromatic rings. The fourth-order valence-electron chi connectivity index (χ4n) is 3.70. The molecule has 2 aliphatic rings. The van der Waals surface area contributed by atoms with Gasteiger partial charge in [0.05, 0.1) is 24.3 Å². The monoisotopic (exact) mass is 318 g/mol. The van der Waals surface area contributed by atoms with Gasteiger partial charge in [0.2, 0.25) is 5.91 Å². The Bertz CT molecular complexity index is 667. The van der Waals surface area contributed by atoms with Gasteiger partial charge in [0.1, 0.15) is 5.82 Å². The van der Waals surface area contributed by atoms with Gasteiger partial charge in [-0.15, -0.1) is 0 Å². The summed E-state index contributed by atoms with van der Waals surface area (Å²) in [6.07, 6.45) is 3.97. The van der Waals surface area contributed by atoms with E-state index in [4.69, 9.17) is 0 Å². The van der Waals surface area contributed by atoms with Crippen LogP contribution in [0, 0.1) is 12.8 Å². The minimum atomic E-state index is -0.0169. The molecule has 2 aliphatic heterocycles. The number of hydrogen-bond donors (Lipinski definition) is 0. The zero-order valence-electron chi connectivity index (χ0n) is 14.3. The second-order valence-electron chi connectivity index (χ2n) is 7.01. The predicted octanol–water partition coefficient (Wildman–Crippen LogP) is 1.05. The highest BCUT2D eigenvalue weighted by atomic mass is 16.2. The maximum absolute atomic E-state index is 12.5. The Hall–Kier alpha value is -1.69. The third-order valence-electron chi connectivity index (χ3n) is 5.22. The first-order valence-corrected chi connectivity index (χ1v) is 8.47. The van der Waals surface area contributed by atoms with Gasteiger partial charge in [-0.2, -0.15) is 0 Å². The molecular weight excluding hydrogens is 292 g/mol. The molecule has 0 N–H and O–H groups in total. The van der Waals surface area contributed by atoms with Gasteiger partial charge in [0.25, 0.3) is 5.56 Å². The molecule has 1 aromatic heterocycles. The number of nitrogens with zero attached hydrogens (tertiary/aromatic N) is 4. The summed E-state index contributed by atoms with van der Waals surface area (Å²) in [5.41, 5.74) is 1.44. The van der Waals surface area contributed by atoms with Gasteiger partial charge in [0.15, 0.2) is 0 Å². The molecule has 1 amide bonds. The zero-order chi connectivity index (χ0) is 16.6. The molecule has 0 saturated carbocycles. The summed E-state index contributed by atoms with van der Waals surface area (Å²) in [5, 5.41) is 0. The summed E-state index contributed by atoms with van der Waals surface area (Å²) < 4.78 is 1.56. The molecule has 6 heteroatoms. The third kappa shape index (κ3) is 3.32. The predicted molar refractivity (Wildman–Crippen MR) is 87.9 cm³/mol. The fourth-order valence-corrected chi connectivity index (χ4v) is 3.70. The van der Waals surface area contributed by atoms with Crippen LogP contribution >= 0.6 is 0 Å². The number of hydrogen-bond acceptors (Lipinski definition) is 4. The number of piperidine rings is 1. The van der Waals surface area contributed by atoms with Crippen LogP contribution in [0.2, 0.25) is 0 Å². The first kappa shape index (κ1) is 16.2. The molecule has 23 heavy (non-hydrogen) atoms. The largest absolute Gasteiger partial charge is 0.332 e. The number of rotatable bonds is 3. The lowest BCUT2D eigenvalue weighted by Crippen LogP contribution is -2.33. The lowest BCUT2D eigenvalue weighted by atomic mass is 9.93. The topological polar surface area (TPSA) is 58.4 Å². The highest BCUT2D eigenvalue weighted by molar-refractivity contribution is 5.76. The number of carbonyl (C=O) groups is 1. The van der Waals surface area contributed by atoms with Crippen LogP contribution in [0.25, 0.3) is 0 Å². The summed E-state index contributed by atoms with van der Waals surface area (Å²) in [6, 6.07) is 0. The second-order valence-corrected chi connectivity index (χ2v) is 7.01. The third-order valence-corrected chi connectivity index (χ3v) is 5.22. The number of aryl methyl sites for hydroxylation is 1. The molecule has 1 unspecified atom stereocenters. The van der Waals surface area contributed by atoms with Crippen LogP contribution in [-0.2, 0) is 24.9 Å². The Balaban J connectivity index is 1.60. The van der Waals surface area contributed by atoms with Crippen molar-refractivity contribution in [1.29, 1.82) is 0 Å². The highest BCUT2D eigenvalue weighted by Gasteiger charge is 2.28. The fraction of sp³-hybridized carbons (Fsp3) is 0.706. The summed E-state index contributed by atoms with van der Waals surface area (Å²) in [4.78, 5) is 33.4. The number of aromatic nitrogens is 2. The van der Waals surface area contributed by atoms with Crippen LogP contribution in [0.4, 0.5) is 0 Å². The molecule has 0 bridgehead atoms. The van der Waals surface area contributed by atoms with Crippen LogP contribution < -0.4 is 5.56 Å². The van der Waals surface area contributed by atoms with Crippen molar-refractivity contribution >= 4 is 5.91 Å². The smallest absolute Gasteiger partial charge is 0.258 e. The summed E-state index contributed by atoms with van der Waals surface area (Å²) in [5.74, 6) is 1.47. The Morgan fingerprint density at radius 1 is 1.30 bits per heavy atom. The molecule has 6 nitrogen and oxygen atoms in total. The number of fused-ring (bicyclic) bond motifs is 1. The van der Waals surface area contributed by atoms with E-state index in [1.54, 1.807) is 16.5 Å². The van der Waals surface area contributed by atoms with Crippen molar-refractivity contribution in [2.24, 2.45) is 13.0 Å². The van der Waals surface area contributed by atoms with Gasteiger partial charge < -0.3 is 9.80 Å². The molecule has 0 aromatic carbocycles. The standard InChI is InChI=1S/C17H26N4O2/c1-12-18-15-11-21(10-14(15)17(23)20(12)3)16(22)7-6-13-5-4-8-19(2)9-13/h13H,4-11H2,1-3H3. The molecule has 126 valence electrons. The lowest BCUT2D eigenvalue weighted by Gasteiger charge is -2.29. The Labute approximate surface area is 137 Å². The Morgan fingerprint density at radius 2 is 2.09 bits per heavy atom. The van der Waals surface area contributed by atoms with E-state index in [2.05, 4.69) is 16.9 Å². The van der Waals surface area contributed by atoms with Crippen molar-refractivity contribution in [3.05, 3.63) is 27.4 Å². The van der Waals surface area contributed by atoms with Crippen LogP contribution in [0.15, 0.2) is 4.79 Å². The second kappa shape index (κ2) is 6.43. The highest BCUT2D eigenvalue weighted by Crippen LogP contribution is 2.23. The normalized spacial score (nSPS) is 21.5. The van der Waals surface area contributed by atoms with E-state index in [-0.39, 0.29) is 11.5 Å². The SMILES string of the molecule is Cc1nc2c(c(=O)n1C)CN(C(=O)CCC1CCCN(C)C1)C2. The zero-order valence-corrected chi connectivity index (χ0v) is 14.3. The first-order chi connectivity index (χ1) is 11.0. The maximum atomic E-state index is 12.5. The molecule has 1 fully saturated rings. The summed E-state index contributed by atoms with van der Waals surface area (Å²) in [6.45, 7) is 4.98. The van der Waals surface area contributed by atoms with Gasteiger partial charge in [-0.25, -0.2) is 4.98 Å². The van der Waals surface area contributed by atoms with Gasteiger partial charge in [-0.3, -0.25) is 14.2 Å². The van der Waals surface area contributed by atoms with Gasteiger partial charge >= 0.3 is 0 Å². The average molecular weight is 318 g/mol. The molecular formula is C17H26N4O2. The first-order valence-electron chi connectivity index (χ1n) is 8.47. The number of amides is 1. The summed E-state index contributed by atoms with van der Waals surface area (Å²) >= 11 is 0. The minimum Gasteiger partial charge on any atom is -0.332 e. The van der Waals surface area contributed by atoms with Crippen molar-refractivity contribution in [3.8, 4) is 0 Å². The lowest BCUT2D eigenvalue weighted by molar-refractivity contribution is -0.132. The molecule has 1 saturated heterocycles. The van der Waals surface area contributed by atoms with E-state index in [0.29, 0.717) is 36.8 Å². The van der Waals surface area contributed by atoms with Gasteiger partial charge in [-0.1, -0.05) is 0 Å². The van der Waals surface area contributed by atoms with Gasteiger partial charge in [-0.05, 0) is 45.7 Å². The van der Waals surface area contributed by atoms with Crippen LogP contribution in [0.1, 0.15) is 42.8 Å². The molecule has 0 spiro atoms. The van der Waals surface area contributed by atoms with E-state index in [1.165, 1.54) is 19.4 Å². The molecule has 0 aliphatic carbocycles. The van der Waals surface area contributed by atoms with Crippen molar-refractivity contribution in [2.75, 3.05) is 20.1 Å². The minimum absolute atomic E-state index is 0.0169. The van der Waals surface area contributed by atoms with E-state index >= 15 is 0 Å². The van der Waals surface area contributed by atoms with Crippen molar-refractivity contribution in [2.45, 2.75) is 45.7 Å². The van der Waals surface area contributed by atoms with Crippen molar-refractivity contribution < 1.29 is 4.79 Å². The average Bonchev–Trinajstić information content (AvgIpc) is 2.94. The Kier molecular flexibility index (Phi) is 4.53. The van der Waals surface area contributed by atoms with Crippen LogP contribution in [0.3, 0.4) is 0 Å². The summed E-state index contributed by atoms with van der Waals surface area (Å²) in [7, 11) is 3.88. The molecule has 3 rings (SSSR count). The van der Waals surface area contributed by atoms with Crippen LogP contribution in [0.5, 0.6) is 0 Å². The van der Waals surface area contributed by atoms with E-state index in [9.17, 15) is 9.59 Å². The number of carbonyl (C=O) groups excluding carboxylic acids is 1. The van der Waals surface area contributed by atoms with E-state index < -0.39 is 0 Å². The van der Waals surface area contributed by atoms with Crippen LogP contribution in [-0.4, -0.2) is 45.4 Å². The number of likely N-dealkylation sites (tertiary alicyclic amines) is 1. The van der Waals surface area contributed by atoms with E-state index in [0.717, 1.165) is 18.7 Å². The maximum Gasteiger partial charge on any atom is 0.258 e. The molecule has 3 heterocycles.